The number of aliphatic hydroxyl groups is 1. The molecule has 1 aromatic rings. The van der Waals surface area contributed by atoms with Crippen molar-refractivity contribution in [1.82, 2.24) is 5.32 Å². The van der Waals surface area contributed by atoms with E-state index in [2.05, 4.69) is 5.32 Å². The molecule has 1 amide bonds. The number of aliphatic hydroxyl groups excluding tert-OH is 1. The summed E-state index contributed by atoms with van der Waals surface area (Å²) < 4.78 is 0. The van der Waals surface area contributed by atoms with E-state index in [9.17, 15) is 4.79 Å². The lowest BCUT2D eigenvalue weighted by Gasteiger charge is -2.20. The molecular weight excluding hydrogens is 240 g/mol. The lowest BCUT2D eigenvalue weighted by molar-refractivity contribution is -0.125. The van der Waals surface area contributed by atoms with Crippen LogP contribution in [0.5, 0.6) is 0 Å². The highest BCUT2D eigenvalue weighted by Gasteiger charge is 2.18. The third-order valence-electron chi connectivity index (χ3n) is 3.47. The monoisotopic (exact) mass is 264 g/mol. The van der Waals surface area contributed by atoms with Gasteiger partial charge in [0.05, 0.1) is 0 Å². The predicted molar refractivity (Wildman–Crippen MR) is 76.7 cm³/mol. The highest BCUT2D eigenvalue weighted by Crippen LogP contribution is 2.18. The van der Waals surface area contributed by atoms with E-state index in [0.717, 1.165) is 5.56 Å². The number of hydrogen-bond acceptors (Lipinski definition) is 3. The molecule has 0 spiro atoms. The zero-order chi connectivity index (χ0) is 14.3. The topological polar surface area (TPSA) is 75.4 Å². The smallest absolute Gasteiger partial charge is 0.224 e. The summed E-state index contributed by atoms with van der Waals surface area (Å²) in [5, 5.41) is 12.0. The van der Waals surface area contributed by atoms with Crippen LogP contribution in [0.15, 0.2) is 30.3 Å². The molecule has 4 heteroatoms. The van der Waals surface area contributed by atoms with Crippen molar-refractivity contribution < 1.29 is 9.90 Å². The van der Waals surface area contributed by atoms with Crippen molar-refractivity contribution in [3.8, 4) is 0 Å². The first-order chi connectivity index (χ1) is 9.06. The minimum atomic E-state index is -0.203. The number of carbonyl (C=O) groups is 1. The lowest BCUT2D eigenvalue weighted by Crippen LogP contribution is -2.40. The number of nitrogens with one attached hydrogen (secondary N) is 1. The van der Waals surface area contributed by atoms with Gasteiger partial charge in [-0.1, -0.05) is 37.3 Å². The zero-order valence-corrected chi connectivity index (χ0v) is 11.7. The van der Waals surface area contributed by atoms with Gasteiger partial charge in [0, 0.05) is 31.0 Å². The van der Waals surface area contributed by atoms with E-state index in [1.54, 1.807) is 0 Å². The summed E-state index contributed by atoms with van der Waals surface area (Å²) in [6.07, 6.45) is 0.636. The van der Waals surface area contributed by atoms with Gasteiger partial charge in [-0.05, 0) is 18.9 Å². The third-order valence-corrected chi connectivity index (χ3v) is 3.47. The van der Waals surface area contributed by atoms with Crippen LogP contribution in [-0.2, 0) is 4.79 Å². The molecule has 3 atom stereocenters. The Morgan fingerprint density at radius 1 is 1.32 bits per heavy atom. The Bertz CT molecular complexity index is 379. The van der Waals surface area contributed by atoms with Crippen molar-refractivity contribution in [2.45, 2.75) is 32.2 Å². The van der Waals surface area contributed by atoms with E-state index in [0.29, 0.717) is 13.0 Å². The van der Waals surface area contributed by atoms with E-state index in [4.69, 9.17) is 10.8 Å². The highest BCUT2D eigenvalue weighted by atomic mass is 16.3. The number of nitrogens with two attached hydrogens (primary N) is 1. The van der Waals surface area contributed by atoms with Gasteiger partial charge in [-0.15, -0.1) is 0 Å². The van der Waals surface area contributed by atoms with Gasteiger partial charge in [-0.3, -0.25) is 4.79 Å². The fourth-order valence-corrected chi connectivity index (χ4v) is 1.89. The summed E-state index contributed by atoms with van der Waals surface area (Å²) in [4.78, 5) is 11.9. The molecule has 0 aliphatic carbocycles. The van der Waals surface area contributed by atoms with Gasteiger partial charge in [0.1, 0.15) is 0 Å². The van der Waals surface area contributed by atoms with Crippen LogP contribution in [0.1, 0.15) is 31.7 Å². The molecule has 0 aromatic heterocycles. The van der Waals surface area contributed by atoms with Gasteiger partial charge in [0.15, 0.2) is 0 Å². The number of amides is 1. The normalized spacial score (nSPS) is 15.6. The standard InChI is InChI=1S/C15H24N2O2/c1-11(12(2)16)15(19)17-10-14(8-9-18)13-6-4-3-5-7-13/h3-7,11-12,14,18H,8-10,16H2,1-2H3,(H,17,19). The van der Waals surface area contributed by atoms with Crippen molar-refractivity contribution in [3.05, 3.63) is 35.9 Å². The molecule has 0 bridgehead atoms. The molecule has 0 fully saturated rings. The molecule has 0 radical (unpaired) electrons. The molecule has 106 valence electrons. The average Bonchev–Trinajstić information content (AvgIpc) is 2.43. The molecular formula is C15H24N2O2. The molecule has 1 rings (SSSR count). The van der Waals surface area contributed by atoms with E-state index in [1.807, 2.05) is 44.2 Å². The van der Waals surface area contributed by atoms with Crippen molar-refractivity contribution >= 4 is 5.91 Å². The molecule has 0 aliphatic heterocycles. The Kier molecular flexibility index (Phi) is 6.53. The largest absolute Gasteiger partial charge is 0.396 e. The van der Waals surface area contributed by atoms with Gasteiger partial charge in [-0.2, -0.15) is 0 Å². The van der Waals surface area contributed by atoms with Crippen molar-refractivity contribution in [3.63, 3.8) is 0 Å². The summed E-state index contributed by atoms with van der Waals surface area (Å²) in [7, 11) is 0. The van der Waals surface area contributed by atoms with Gasteiger partial charge in [0.25, 0.3) is 0 Å². The molecule has 3 unspecified atom stereocenters. The molecule has 0 saturated carbocycles. The highest BCUT2D eigenvalue weighted by molar-refractivity contribution is 5.78. The fourth-order valence-electron chi connectivity index (χ4n) is 1.89. The summed E-state index contributed by atoms with van der Waals surface area (Å²) in [5.74, 6) is -0.102. The van der Waals surface area contributed by atoms with E-state index in [1.165, 1.54) is 0 Å². The Balaban J connectivity index is 2.58. The van der Waals surface area contributed by atoms with Crippen molar-refractivity contribution in [1.29, 1.82) is 0 Å². The summed E-state index contributed by atoms with van der Waals surface area (Å²) in [6, 6.07) is 9.75. The summed E-state index contributed by atoms with van der Waals surface area (Å²) in [6.45, 7) is 4.29. The Morgan fingerprint density at radius 3 is 2.47 bits per heavy atom. The van der Waals surface area contributed by atoms with Crippen LogP contribution in [0.4, 0.5) is 0 Å². The second kappa shape index (κ2) is 7.92. The quantitative estimate of drug-likeness (QED) is 0.694. The van der Waals surface area contributed by atoms with Crippen LogP contribution >= 0.6 is 0 Å². The lowest BCUT2D eigenvalue weighted by atomic mass is 9.95. The summed E-state index contributed by atoms with van der Waals surface area (Å²) >= 11 is 0. The van der Waals surface area contributed by atoms with E-state index in [-0.39, 0.29) is 30.4 Å². The van der Waals surface area contributed by atoms with Gasteiger partial charge < -0.3 is 16.2 Å². The molecule has 19 heavy (non-hydrogen) atoms. The first-order valence-electron chi connectivity index (χ1n) is 6.75. The Hall–Kier alpha value is -1.39. The minimum Gasteiger partial charge on any atom is -0.396 e. The second-order valence-corrected chi connectivity index (χ2v) is 5.01. The van der Waals surface area contributed by atoms with Crippen LogP contribution in [0.2, 0.25) is 0 Å². The van der Waals surface area contributed by atoms with Crippen LogP contribution in [0.3, 0.4) is 0 Å². The summed E-state index contributed by atoms with van der Waals surface area (Å²) in [5.41, 5.74) is 6.84. The Labute approximate surface area is 115 Å². The van der Waals surface area contributed by atoms with Gasteiger partial charge >= 0.3 is 0 Å². The third kappa shape index (κ3) is 5.01. The predicted octanol–water partition coefficient (Wildman–Crippen LogP) is 1.25. The van der Waals surface area contributed by atoms with Crippen LogP contribution in [0.25, 0.3) is 0 Å². The van der Waals surface area contributed by atoms with Crippen molar-refractivity contribution in [2.24, 2.45) is 11.7 Å². The molecule has 0 aliphatic rings. The van der Waals surface area contributed by atoms with Gasteiger partial charge in [-0.25, -0.2) is 0 Å². The maximum Gasteiger partial charge on any atom is 0.224 e. The fraction of sp³-hybridized carbons (Fsp3) is 0.533. The van der Waals surface area contributed by atoms with Crippen molar-refractivity contribution in [2.75, 3.05) is 13.2 Å². The minimum absolute atomic E-state index is 0.0335. The first-order valence-corrected chi connectivity index (χ1v) is 6.75. The SMILES string of the molecule is CC(N)C(C)C(=O)NCC(CCO)c1ccccc1. The average molecular weight is 264 g/mol. The van der Waals surface area contributed by atoms with E-state index >= 15 is 0 Å². The molecule has 1 aromatic carbocycles. The molecule has 0 saturated heterocycles. The number of carbonyl (C=O) groups excluding carboxylic acids is 1. The Morgan fingerprint density at radius 2 is 1.95 bits per heavy atom. The van der Waals surface area contributed by atoms with Gasteiger partial charge in [0.2, 0.25) is 5.91 Å². The number of hydrogen-bond donors (Lipinski definition) is 3. The number of benzene rings is 1. The first kappa shape index (κ1) is 15.7. The second-order valence-electron chi connectivity index (χ2n) is 5.01. The maximum atomic E-state index is 11.9. The van der Waals surface area contributed by atoms with Crippen LogP contribution in [-0.4, -0.2) is 30.2 Å². The number of rotatable bonds is 7. The molecule has 4 nitrogen and oxygen atoms in total. The maximum absolute atomic E-state index is 11.9. The van der Waals surface area contributed by atoms with Crippen LogP contribution in [0, 0.1) is 5.92 Å². The zero-order valence-electron chi connectivity index (χ0n) is 11.7. The molecule has 0 heterocycles. The van der Waals surface area contributed by atoms with Crippen LogP contribution < -0.4 is 11.1 Å². The molecule has 4 N–H and O–H groups in total. The van der Waals surface area contributed by atoms with E-state index < -0.39 is 0 Å².